The molecule has 3 heteroatoms. The van der Waals surface area contributed by atoms with Gasteiger partial charge in [-0.3, -0.25) is 0 Å². The Morgan fingerprint density at radius 1 is 0.864 bits per heavy atom. The van der Waals surface area contributed by atoms with E-state index in [0.29, 0.717) is 11.0 Å². The predicted octanol–water partition coefficient (Wildman–Crippen LogP) is 6.00. The van der Waals surface area contributed by atoms with Crippen molar-refractivity contribution < 1.29 is 10.2 Å². The lowest BCUT2D eigenvalue weighted by atomic mass is 9.88. The molecular formula is C19H31IO2. The van der Waals surface area contributed by atoms with E-state index >= 15 is 0 Å². The fraction of sp³-hybridized carbons (Fsp3) is 0.684. The van der Waals surface area contributed by atoms with Gasteiger partial charge in [-0.1, -0.05) is 57.2 Å². The summed E-state index contributed by atoms with van der Waals surface area (Å²) in [5.74, 6) is 0.494. The van der Waals surface area contributed by atoms with E-state index in [1.807, 2.05) is 12.1 Å². The monoisotopic (exact) mass is 418 g/mol. The Morgan fingerprint density at radius 3 is 1.82 bits per heavy atom. The molecule has 0 heterocycles. The zero-order chi connectivity index (χ0) is 17.0. The van der Waals surface area contributed by atoms with Crippen LogP contribution in [0.5, 0.6) is 11.5 Å². The normalized spacial score (nSPS) is 12.6. The van der Waals surface area contributed by atoms with E-state index in [1.54, 1.807) is 0 Å². The molecular weight excluding hydrogens is 387 g/mol. The van der Waals surface area contributed by atoms with Crippen LogP contribution in [0.25, 0.3) is 0 Å². The number of benzene rings is 1. The molecule has 0 unspecified atom stereocenters. The summed E-state index contributed by atoms with van der Waals surface area (Å²) in [4.78, 5) is 0. The summed E-state index contributed by atoms with van der Waals surface area (Å²) in [6.45, 7) is 11.1. The Morgan fingerprint density at radius 2 is 1.36 bits per heavy atom. The van der Waals surface area contributed by atoms with E-state index < -0.39 is 0 Å². The first-order valence-corrected chi connectivity index (χ1v) is 9.28. The quantitative estimate of drug-likeness (QED) is 0.421. The third-order valence-electron chi connectivity index (χ3n) is 3.85. The summed E-state index contributed by atoms with van der Waals surface area (Å²) in [7, 11) is 0. The summed E-state index contributed by atoms with van der Waals surface area (Å²) in [5, 5.41) is 20.4. The van der Waals surface area contributed by atoms with Crippen LogP contribution in [0.2, 0.25) is 0 Å². The topological polar surface area (TPSA) is 40.5 Å². The molecule has 0 aliphatic rings. The number of rotatable bonds is 7. The maximum Gasteiger partial charge on any atom is 0.122 e. The van der Waals surface area contributed by atoms with Crippen LogP contribution < -0.4 is 0 Å². The number of halogens is 1. The predicted molar refractivity (Wildman–Crippen MR) is 103 cm³/mol. The molecule has 1 rings (SSSR count). The largest absolute Gasteiger partial charge is 0.508 e. The molecule has 0 radical (unpaired) electrons. The van der Waals surface area contributed by atoms with Crippen molar-refractivity contribution in [3.63, 3.8) is 0 Å². The minimum absolute atomic E-state index is 0.247. The smallest absolute Gasteiger partial charge is 0.122 e. The number of alkyl halides is 1. The van der Waals surface area contributed by atoms with Crippen LogP contribution in [0.4, 0.5) is 0 Å². The van der Waals surface area contributed by atoms with Crippen molar-refractivity contribution in [2.24, 2.45) is 5.41 Å². The van der Waals surface area contributed by atoms with Gasteiger partial charge in [-0.15, -0.1) is 0 Å². The van der Waals surface area contributed by atoms with Gasteiger partial charge in [0, 0.05) is 8.99 Å². The zero-order valence-electron chi connectivity index (χ0n) is 14.7. The fourth-order valence-corrected chi connectivity index (χ4v) is 2.99. The molecule has 0 bridgehead atoms. The molecule has 1 aromatic carbocycles. The summed E-state index contributed by atoms with van der Waals surface area (Å²) in [6.07, 6.45) is 5.89. The number of aromatic hydroxyl groups is 2. The number of aryl methyl sites for hydroxylation is 1. The van der Waals surface area contributed by atoms with Gasteiger partial charge >= 0.3 is 0 Å². The lowest BCUT2D eigenvalue weighted by Crippen LogP contribution is -2.08. The highest BCUT2D eigenvalue weighted by Gasteiger charge is 2.15. The lowest BCUT2D eigenvalue weighted by molar-refractivity contribution is 0.365. The van der Waals surface area contributed by atoms with E-state index in [2.05, 4.69) is 57.2 Å². The van der Waals surface area contributed by atoms with E-state index in [0.717, 1.165) is 44.1 Å². The second-order valence-electron chi connectivity index (χ2n) is 8.10. The van der Waals surface area contributed by atoms with Gasteiger partial charge in [-0.05, 0) is 61.6 Å². The van der Waals surface area contributed by atoms with Crippen LogP contribution in [0.15, 0.2) is 12.1 Å². The highest BCUT2D eigenvalue weighted by Crippen LogP contribution is 2.33. The van der Waals surface area contributed by atoms with Crippen LogP contribution in [-0.2, 0) is 12.8 Å². The van der Waals surface area contributed by atoms with Crippen molar-refractivity contribution in [3.8, 4) is 11.5 Å². The van der Waals surface area contributed by atoms with E-state index in [4.69, 9.17) is 0 Å². The van der Waals surface area contributed by atoms with E-state index in [1.165, 1.54) is 0 Å². The molecule has 0 aliphatic heterocycles. The second kappa shape index (κ2) is 7.89. The summed E-state index contributed by atoms with van der Waals surface area (Å²) < 4.78 is 0.260. The molecule has 0 amide bonds. The maximum atomic E-state index is 10.2. The van der Waals surface area contributed by atoms with Gasteiger partial charge in [0.2, 0.25) is 0 Å². The molecule has 126 valence electrons. The molecule has 0 aromatic heterocycles. The maximum absolute atomic E-state index is 10.2. The molecule has 2 N–H and O–H groups in total. The fourth-order valence-electron chi connectivity index (χ4n) is 2.61. The van der Waals surface area contributed by atoms with E-state index in [9.17, 15) is 10.2 Å². The first-order chi connectivity index (χ1) is 9.98. The van der Waals surface area contributed by atoms with Crippen molar-refractivity contribution in [1.29, 1.82) is 0 Å². The molecule has 0 atom stereocenters. The molecule has 0 fully saturated rings. The average Bonchev–Trinajstić information content (AvgIpc) is 2.29. The van der Waals surface area contributed by atoms with E-state index in [-0.39, 0.29) is 14.9 Å². The van der Waals surface area contributed by atoms with Gasteiger partial charge in [0.25, 0.3) is 0 Å². The van der Waals surface area contributed by atoms with Gasteiger partial charge in [0.15, 0.2) is 0 Å². The van der Waals surface area contributed by atoms with Crippen LogP contribution in [0.1, 0.15) is 71.4 Å². The number of hydrogen-bond donors (Lipinski definition) is 2. The Hall–Kier alpha value is -0.450. The van der Waals surface area contributed by atoms with Crippen molar-refractivity contribution >= 4 is 22.6 Å². The van der Waals surface area contributed by atoms with Gasteiger partial charge < -0.3 is 10.2 Å². The van der Waals surface area contributed by atoms with Crippen LogP contribution in [-0.4, -0.2) is 13.6 Å². The SMILES string of the molecule is CC(C)(C)CCCc1cc(O)c(CCCC(C)(C)I)c(O)c1. The third-order valence-corrected chi connectivity index (χ3v) is 4.39. The summed E-state index contributed by atoms with van der Waals surface area (Å²) in [5.41, 5.74) is 2.05. The molecule has 0 saturated heterocycles. The zero-order valence-corrected chi connectivity index (χ0v) is 16.8. The lowest BCUT2D eigenvalue weighted by Gasteiger charge is -2.18. The standard InChI is InChI=1S/C19H31IO2/c1-18(2,3)10-6-8-14-12-16(21)15(17(22)13-14)9-7-11-19(4,5)20/h12-13,21-22H,6-11H2,1-5H3. The van der Waals surface area contributed by atoms with Gasteiger partial charge in [0.1, 0.15) is 11.5 Å². The number of hydrogen-bond acceptors (Lipinski definition) is 2. The molecule has 0 aliphatic carbocycles. The molecule has 0 spiro atoms. The van der Waals surface area contributed by atoms with Crippen molar-refractivity contribution in [2.75, 3.05) is 0 Å². The Bertz CT molecular complexity index is 458. The molecule has 0 saturated carbocycles. The molecule has 2 nitrogen and oxygen atoms in total. The highest BCUT2D eigenvalue weighted by atomic mass is 127. The van der Waals surface area contributed by atoms with Crippen molar-refractivity contribution in [3.05, 3.63) is 23.3 Å². The highest BCUT2D eigenvalue weighted by molar-refractivity contribution is 14.1. The number of phenolic OH excluding ortho intramolecular Hbond substituents is 2. The minimum atomic E-state index is 0.247. The third kappa shape index (κ3) is 7.70. The van der Waals surface area contributed by atoms with Gasteiger partial charge in [-0.2, -0.15) is 0 Å². The Kier molecular flexibility index (Phi) is 7.03. The number of phenols is 2. The van der Waals surface area contributed by atoms with Crippen molar-refractivity contribution in [2.45, 2.75) is 76.6 Å². The Labute approximate surface area is 149 Å². The Balaban J connectivity index is 2.63. The van der Waals surface area contributed by atoms with Crippen molar-refractivity contribution in [1.82, 2.24) is 0 Å². The van der Waals surface area contributed by atoms with Crippen LogP contribution >= 0.6 is 22.6 Å². The molecule has 22 heavy (non-hydrogen) atoms. The second-order valence-corrected chi connectivity index (χ2v) is 11.0. The summed E-state index contributed by atoms with van der Waals surface area (Å²) in [6, 6.07) is 3.65. The first-order valence-electron chi connectivity index (χ1n) is 8.21. The van der Waals surface area contributed by atoms with Gasteiger partial charge in [-0.25, -0.2) is 0 Å². The van der Waals surface area contributed by atoms with Crippen LogP contribution in [0, 0.1) is 5.41 Å². The van der Waals surface area contributed by atoms with Gasteiger partial charge in [0.05, 0.1) is 0 Å². The first kappa shape index (κ1) is 19.6. The molecule has 1 aromatic rings. The van der Waals surface area contributed by atoms with Crippen LogP contribution in [0.3, 0.4) is 0 Å². The summed E-state index contributed by atoms with van der Waals surface area (Å²) >= 11 is 2.44. The average molecular weight is 418 g/mol. The minimum Gasteiger partial charge on any atom is -0.508 e.